The van der Waals surface area contributed by atoms with Gasteiger partial charge in [-0.05, 0) is 141 Å². The Morgan fingerprint density at radius 1 is 0.615 bits per heavy atom. The first-order chi connectivity index (χ1) is 25.2. The maximum atomic E-state index is 10.4. The number of pyridine rings is 2. The summed E-state index contributed by atoms with van der Waals surface area (Å²) in [5.74, 6) is 2.42. The first kappa shape index (κ1) is 38.0. The second-order valence-corrected chi connectivity index (χ2v) is 14.8. The number of ether oxygens (including phenoxy) is 4. The summed E-state index contributed by atoms with van der Waals surface area (Å²) < 4.78 is 54.6. The Hall–Kier alpha value is -5.20. The zero-order chi connectivity index (χ0) is 36.8. The second kappa shape index (κ2) is 18.9. The van der Waals surface area contributed by atoms with Crippen LogP contribution in [-0.2, 0) is 39.0 Å². The van der Waals surface area contributed by atoms with E-state index in [1.54, 1.807) is 36.9 Å². The molecule has 268 valence electrons. The van der Waals surface area contributed by atoms with Gasteiger partial charge < -0.3 is 23.5 Å². The Morgan fingerprint density at radius 3 is 1.40 bits per heavy atom. The van der Waals surface area contributed by atoms with Crippen molar-refractivity contribution < 1.29 is 31.9 Å². The van der Waals surface area contributed by atoms with Crippen LogP contribution in [0.5, 0.6) is 17.2 Å². The first-order valence-corrected chi connectivity index (χ1v) is 19.2. The zero-order valence-corrected chi connectivity index (χ0v) is 30.8. The van der Waals surface area contributed by atoms with Crippen molar-refractivity contribution in [2.75, 3.05) is 6.61 Å². The molecule has 0 aliphatic rings. The van der Waals surface area contributed by atoms with E-state index in [1.807, 2.05) is 81.4 Å². The van der Waals surface area contributed by atoms with E-state index in [9.17, 15) is 13.0 Å². The van der Waals surface area contributed by atoms with Crippen LogP contribution in [0.4, 0.5) is 0 Å². The standard InChI is InChI=1S/C34H33N2O4S.C7H8O3S/c1-3-37-26(2)40-31-8-14-34(15-9-31)41(32-10-4-29(5-11-32)38-24-27-16-20-35-21-17-27)33-12-6-30(7-13-33)39-25-28-18-22-36-23-19-28;1-6-2-4-7(5-3-6)11(8,9)10/h4-23,26H,3,24-25H2,1-2H3;2-5H,1H3,(H,8,9,10)/q+1;/p-1. The minimum Gasteiger partial charge on any atom is -0.744 e. The molecule has 0 N–H and O–H groups in total. The topological polar surface area (TPSA) is 120 Å². The van der Waals surface area contributed by atoms with Gasteiger partial charge in [0.2, 0.25) is 0 Å². The van der Waals surface area contributed by atoms with Gasteiger partial charge in [-0.25, -0.2) is 8.42 Å². The van der Waals surface area contributed by atoms with E-state index >= 15 is 0 Å². The predicted octanol–water partition coefficient (Wildman–Crippen LogP) is 8.39. The van der Waals surface area contributed by atoms with Gasteiger partial charge in [0, 0.05) is 31.4 Å². The summed E-state index contributed by atoms with van der Waals surface area (Å²) in [6, 6.07) is 38.5. The number of hydrogen-bond acceptors (Lipinski definition) is 9. The molecular formula is C41H40N2O7S2. The Kier molecular flexibility index (Phi) is 13.8. The molecule has 11 heteroatoms. The molecule has 6 aromatic rings. The van der Waals surface area contributed by atoms with Crippen molar-refractivity contribution in [3.8, 4) is 17.2 Å². The number of rotatable bonds is 14. The normalized spacial score (nSPS) is 11.6. The van der Waals surface area contributed by atoms with Crippen LogP contribution in [0.25, 0.3) is 0 Å². The van der Waals surface area contributed by atoms with Crippen molar-refractivity contribution in [3.63, 3.8) is 0 Å². The number of aromatic nitrogens is 2. The van der Waals surface area contributed by atoms with Crippen molar-refractivity contribution in [1.82, 2.24) is 9.97 Å². The van der Waals surface area contributed by atoms with Gasteiger partial charge in [0.15, 0.2) is 21.0 Å². The van der Waals surface area contributed by atoms with Crippen molar-refractivity contribution in [2.45, 2.75) is 59.9 Å². The molecule has 0 saturated heterocycles. The smallest absolute Gasteiger partial charge is 0.196 e. The molecule has 1 unspecified atom stereocenters. The van der Waals surface area contributed by atoms with Gasteiger partial charge in [-0.3, -0.25) is 9.97 Å². The molecule has 0 spiro atoms. The minimum atomic E-state index is -4.27. The summed E-state index contributed by atoms with van der Waals surface area (Å²) in [4.78, 5) is 11.5. The van der Waals surface area contributed by atoms with E-state index in [0.29, 0.717) is 19.8 Å². The third kappa shape index (κ3) is 11.7. The van der Waals surface area contributed by atoms with Crippen LogP contribution in [-0.4, -0.2) is 35.8 Å². The SMILES string of the molecule is CCOC(C)Oc1ccc([S+](c2ccc(OCc3ccncc3)cc2)c2ccc(OCc3ccncc3)cc2)cc1.Cc1ccc(S(=O)(=O)[O-])cc1. The molecule has 4 aromatic carbocycles. The van der Waals surface area contributed by atoms with Crippen LogP contribution < -0.4 is 14.2 Å². The average Bonchev–Trinajstić information content (AvgIpc) is 3.16. The molecule has 6 rings (SSSR count). The summed E-state index contributed by atoms with van der Waals surface area (Å²) in [6.45, 7) is 7.28. The molecule has 9 nitrogen and oxygen atoms in total. The molecule has 0 aliphatic heterocycles. The third-order valence-corrected chi connectivity index (χ3v) is 10.6. The largest absolute Gasteiger partial charge is 0.744 e. The molecule has 2 heterocycles. The molecule has 0 bridgehead atoms. The molecule has 0 amide bonds. The number of benzene rings is 4. The van der Waals surface area contributed by atoms with Crippen LogP contribution in [0.2, 0.25) is 0 Å². The lowest BCUT2D eigenvalue weighted by Gasteiger charge is -2.15. The van der Waals surface area contributed by atoms with Crippen LogP contribution in [0.1, 0.15) is 30.5 Å². The van der Waals surface area contributed by atoms with Crippen LogP contribution >= 0.6 is 0 Å². The van der Waals surface area contributed by atoms with Gasteiger partial charge in [-0.1, -0.05) is 17.7 Å². The summed E-state index contributed by atoms with van der Waals surface area (Å²) >= 11 is 0. The highest BCUT2D eigenvalue weighted by Gasteiger charge is 2.29. The Balaban J connectivity index is 0.000000407. The Morgan fingerprint density at radius 2 is 1.02 bits per heavy atom. The highest BCUT2D eigenvalue weighted by atomic mass is 32.2. The third-order valence-electron chi connectivity index (χ3n) is 7.50. The predicted molar refractivity (Wildman–Crippen MR) is 199 cm³/mol. The second-order valence-electron chi connectivity index (χ2n) is 11.4. The van der Waals surface area contributed by atoms with Gasteiger partial charge in [-0.15, -0.1) is 0 Å². The van der Waals surface area contributed by atoms with Crippen molar-refractivity contribution >= 4 is 21.0 Å². The van der Waals surface area contributed by atoms with Gasteiger partial charge in [0.25, 0.3) is 0 Å². The number of hydrogen-bond donors (Lipinski definition) is 0. The minimum absolute atomic E-state index is 0.178. The fourth-order valence-electron chi connectivity index (χ4n) is 4.86. The summed E-state index contributed by atoms with van der Waals surface area (Å²) in [6.07, 6.45) is 6.80. The highest BCUT2D eigenvalue weighted by Crippen LogP contribution is 2.34. The summed E-state index contributed by atoms with van der Waals surface area (Å²) in [5, 5.41) is 0. The van der Waals surface area contributed by atoms with Gasteiger partial charge in [0.1, 0.15) is 40.6 Å². The molecular weight excluding hydrogens is 697 g/mol. The monoisotopic (exact) mass is 736 g/mol. The Labute approximate surface area is 308 Å². The molecule has 2 aromatic heterocycles. The van der Waals surface area contributed by atoms with Crippen LogP contribution in [0.15, 0.2) is 166 Å². The van der Waals surface area contributed by atoms with Gasteiger partial charge in [0.05, 0.1) is 15.8 Å². The summed E-state index contributed by atoms with van der Waals surface area (Å²) in [5.41, 5.74) is 3.09. The van der Waals surface area contributed by atoms with Crippen molar-refractivity contribution in [3.05, 3.63) is 163 Å². The van der Waals surface area contributed by atoms with Gasteiger partial charge >= 0.3 is 0 Å². The maximum absolute atomic E-state index is 10.4. The fraction of sp³-hybridized carbons (Fsp3) is 0.171. The van der Waals surface area contributed by atoms with Crippen molar-refractivity contribution in [1.29, 1.82) is 0 Å². The van der Waals surface area contributed by atoms with Crippen LogP contribution in [0, 0.1) is 6.92 Å². The van der Waals surface area contributed by atoms with Crippen LogP contribution in [0.3, 0.4) is 0 Å². The maximum Gasteiger partial charge on any atom is 0.196 e. The van der Waals surface area contributed by atoms with Crippen molar-refractivity contribution in [2.24, 2.45) is 0 Å². The molecule has 0 fully saturated rings. The highest BCUT2D eigenvalue weighted by molar-refractivity contribution is 7.97. The molecule has 1 atom stereocenters. The number of aryl methyl sites for hydroxylation is 1. The first-order valence-electron chi connectivity index (χ1n) is 16.6. The summed E-state index contributed by atoms with van der Waals surface area (Å²) in [7, 11) is -4.62. The molecule has 0 aliphatic carbocycles. The molecule has 0 saturated carbocycles. The van der Waals surface area contributed by atoms with E-state index < -0.39 is 10.1 Å². The number of nitrogens with zero attached hydrogens (tertiary/aromatic N) is 2. The Bertz CT molecular complexity index is 1960. The van der Waals surface area contributed by atoms with E-state index in [0.717, 1.165) is 33.9 Å². The average molecular weight is 737 g/mol. The van der Waals surface area contributed by atoms with E-state index in [2.05, 4.69) is 46.4 Å². The lowest BCUT2D eigenvalue weighted by molar-refractivity contribution is -0.0613. The van der Waals surface area contributed by atoms with E-state index in [1.165, 1.54) is 26.8 Å². The lowest BCUT2D eigenvalue weighted by Crippen LogP contribution is -2.15. The zero-order valence-electron chi connectivity index (χ0n) is 29.1. The molecule has 52 heavy (non-hydrogen) atoms. The molecule has 0 radical (unpaired) electrons. The van der Waals surface area contributed by atoms with E-state index in [4.69, 9.17) is 18.9 Å². The lowest BCUT2D eigenvalue weighted by atomic mass is 10.2. The van der Waals surface area contributed by atoms with E-state index in [-0.39, 0.29) is 22.1 Å². The van der Waals surface area contributed by atoms with Gasteiger partial charge in [-0.2, -0.15) is 0 Å². The fourth-order valence-corrected chi connectivity index (χ4v) is 7.37. The quantitative estimate of drug-likeness (QED) is 0.0617.